The Bertz CT molecular complexity index is 1270. The molecule has 0 aliphatic rings. The van der Waals surface area contributed by atoms with Gasteiger partial charge in [-0.3, -0.25) is 23.9 Å². The molecular formula is C19H22N6O4. The van der Waals surface area contributed by atoms with Crippen molar-refractivity contribution in [2.75, 3.05) is 17.7 Å². The first-order valence-corrected chi connectivity index (χ1v) is 9.14. The molecule has 0 saturated heterocycles. The molecule has 2 heterocycles. The van der Waals surface area contributed by atoms with Gasteiger partial charge in [-0.1, -0.05) is 31.5 Å². The molecule has 0 atom stereocenters. The predicted molar refractivity (Wildman–Crippen MR) is 110 cm³/mol. The molecule has 2 aromatic heterocycles. The van der Waals surface area contributed by atoms with Crippen LogP contribution in [0.3, 0.4) is 0 Å². The minimum absolute atomic E-state index is 0.00434. The average Bonchev–Trinajstić information content (AvgIpc) is 2.69. The maximum absolute atomic E-state index is 13.2. The van der Waals surface area contributed by atoms with Crippen LogP contribution >= 0.6 is 0 Å². The summed E-state index contributed by atoms with van der Waals surface area (Å²) in [7, 11) is 2.82. The number of nitrogens with zero attached hydrogens (tertiary/aromatic N) is 4. The molecule has 3 rings (SSSR count). The minimum Gasteiger partial charge on any atom is -0.383 e. The summed E-state index contributed by atoms with van der Waals surface area (Å²) in [4.78, 5) is 53.3. The van der Waals surface area contributed by atoms with Crippen molar-refractivity contribution in [2.45, 2.75) is 26.3 Å². The van der Waals surface area contributed by atoms with Crippen LogP contribution in [0.5, 0.6) is 0 Å². The van der Waals surface area contributed by atoms with Crippen LogP contribution in [-0.2, 0) is 13.6 Å². The number of fused-ring (bicyclic) bond motifs is 1. The molecule has 0 aliphatic carbocycles. The zero-order valence-electron chi connectivity index (χ0n) is 16.4. The predicted octanol–water partition coefficient (Wildman–Crippen LogP) is 0.442. The lowest BCUT2D eigenvalue weighted by atomic mass is 10.1. The zero-order chi connectivity index (χ0) is 21.3. The van der Waals surface area contributed by atoms with Gasteiger partial charge in [0.2, 0.25) is 0 Å². The van der Waals surface area contributed by atoms with Crippen LogP contribution in [0.25, 0.3) is 10.8 Å². The maximum Gasteiger partial charge on any atom is 0.330 e. The number of benzene rings is 1. The quantitative estimate of drug-likeness (QED) is 0.640. The normalized spacial score (nSPS) is 11.0. The third kappa shape index (κ3) is 3.44. The Morgan fingerprint density at radius 1 is 1.21 bits per heavy atom. The largest absolute Gasteiger partial charge is 0.383 e. The third-order valence-electron chi connectivity index (χ3n) is 4.75. The second-order valence-electron chi connectivity index (χ2n) is 6.69. The number of carbonyl (C=O) groups excluding carboxylic acids is 1. The Morgan fingerprint density at radius 2 is 1.86 bits per heavy atom. The van der Waals surface area contributed by atoms with Crippen LogP contribution in [-0.4, -0.2) is 32.3 Å². The molecule has 10 nitrogen and oxygen atoms in total. The van der Waals surface area contributed by atoms with Gasteiger partial charge in [0.05, 0.1) is 5.39 Å². The maximum atomic E-state index is 13.2. The van der Waals surface area contributed by atoms with Gasteiger partial charge in [0.25, 0.3) is 17.0 Å². The van der Waals surface area contributed by atoms with Crippen LogP contribution in [0, 0.1) is 0 Å². The highest BCUT2D eigenvalue weighted by Crippen LogP contribution is 2.20. The van der Waals surface area contributed by atoms with Gasteiger partial charge in [0.1, 0.15) is 5.82 Å². The highest BCUT2D eigenvalue weighted by atomic mass is 16.2. The molecular weight excluding hydrogens is 376 g/mol. The van der Waals surface area contributed by atoms with E-state index >= 15 is 0 Å². The van der Waals surface area contributed by atoms with Gasteiger partial charge >= 0.3 is 5.69 Å². The fourth-order valence-electron chi connectivity index (χ4n) is 3.16. The summed E-state index contributed by atoms with van der Waals surface area (Å²) in [6.45, 7) is 2.27. The standard InChI is InChI=1S/C19H22N6O4/c1-4-5-10-25-15(20)14(16(26)21-19(25)29)23(2)18(28)13-11-8-6-7-9-12(11)17(27)24(3)22-13/h6-9H,4-5,10,20H2,1-3H3,(H,21,26,29). The van der Waals surface area contributed by atoms with Crippen LogP contribution in [0.15, 0.2) is 38.6 Å². The van der Waals surface area contributed by atoms with Crippen LogP contribution in [0.2, 0.25) is 0 Å². The van der Waals surface area contributed by atoms with E-state index in [1.54, 1.807) is 24.3 Å². The molecule has 0 radical (unpaired) electrons. The van der Waals surface area contributed by atoms with E-state index < -0.39 is 17.2 Å². The molecule has 0 aliphatic heterocycles. The Hall–Kier alpha value is -3.69. The lowest BCUT2D eigenvalue weighted by Gasteiger charge is -2.20. The summed E-state index contributed by atoms with van der Waals surface area (Å²) in [5.41, 5.74) is 4.19. The monoisotopic (exact) mass is 398 g/mol. The summed E-state index contributed by atoms with van der Waals surface area (Å²) in [6, 6.07) is 6.59. The number of rotatable bonds is 5. The van der Waals surface area contributed by atoms with Crippen molar-refractivity contribution in [1.29, 1.82) is 0 Å². The molecule has 1 aromatic carbocycles. The van der Waals surface area contributed by atoms with E-state index in [1.807, 2.05) is 6.92 Å². The molecule has 0 saturated carbocycles. The van der Waals surface area contributed by atoms with Gasteiger partial charge < -0.3 is 10.6 Å². The number of unbranched alkanes of at least 4 members (excludes halogenated alkanes) is 1. The van der Waals surface area contributed by atoms with E-state index in [1.165, 1.54) is 18.7 Å². The van der Waals surface area contributed by atoms with E-state index in [0.29, 0.717) is 23.7 Å². The summed E-state index contributed by atoms with van der Waals surface area (Å²) >= 11 is 0. The number of hydrogen-bond acceptors (Lipinski definition) is 6. The van der Waals surface area contributed by atoms with Gasteiger partial charge in [-0.15, -0.1) is 0 Å². The Morgan fingerprint density at radius 3 is 2.52 bits per heavy atom. The highest BCUT2D eigenvalue weighted by Gasteiger charge is 2.25. The average molecular weight is 398 g/mol. The van der Waals surface area contributed by atoms with Gasteiger partial charge in [-0.05, 0) is 12.5 Å². The van der Waals surface area contributed by atoms with E-state index in [0.717, 1.165) is 16.0 Å². The number of amides is 1. The molecule has 3 N–H and O–H groups in total. The summed E-state index contributed by atoms with van der Waals surface area (Å²) in [5, 5.41) is 4.78. The number of aryl methyl sites for hydroxylation is 1. The van der Waals surface area contributed by atoms with Crippen molar-refractivity contribution in [2.24, 2.45) is 7.05 Å². The molecule has 0 fully saturated rings. The second-order valence-corrected chi connectivity index (χ2v) is 6.69. The number of H-pyrrole nitrogens is 1. The number of aromatic amines is 1. The van der Waals surface area contributed by atoms with Crippen molar-refractivity contribution in [3.8, 4) is 0 Å². The number of anilines is 2. The van der Waals surface area contributed by atoms with Crippen molar-refractivity contribution in [3.05, 3.63) is 61.2 Å². The smallest absolute Gasteiger partial charge is 0.330 e. The topological polar surface area (TPSA) is 136 Å². The highest BCUT2D eigenvalue weighted by molar-refractivity contribution is 6.12. The second kappa shape index (κ2) is 7.74. The SMILES string of the molecule is CCCCn1c(N)c(N(C)C(=O)c2nn(C)c(=O)c3ccccc23)c(=O)[nH]c1=O. The van der Waals surface area contributed by atoms with Crippen LogP contribution in [0.1, 0.15) is 30.3 Å². The van der Waals surface area contributed by atoms with Crippen molar-refractivity contribution >= 4 is 28.2 Å². The van der Waals surface area contributed by atoms with E-state index in [-0.39, 0.29) is 22.8 Å². The lowest BCUT2D eigenvalue weighted by Crippen LogP contribution is -2.40. The molecule has 1 amide bonds. The van der Waals surface area contributed by atoms with Crippen LogP contribution in [0.4, 0.5) is 11.5 Å². The molecule has 0 bridgehead atoms. The molecule has 10 heteroatoms. The first kappa shape index (κ1) is 20.1. The molecule has 29 heavy (non-hydrogen) atoms. The Balaban J connectivity index is 2.17. The van der Waals surface area contributed by atoms with Gasteiger partial charge in [-0.2, -0.15) is 5.10 Å². The first-order chi connectivity index (χ1) is 13.8. The number of aromatic nitrogens is 4. The minimum atomic E-state index is -0.773. The molecule has 0 unspecified atom stereocenters. The van der Waals surface area contributed by atoms with Gasteiger partial charge in [0.15, 0.2) is 11.4 Å². The third-order valence-corrected chi connectivity index (χ3v) is 4.75. The van der Waals surface area contributed by atoms with Gasteiger partial charge in [-0.25, -0.2) is 9.48 Å². The van der Waals surface area contributed by atoms with Crippen LogP contribution < -0.4 is 27.4 Å². The number of nitrogens with one attached hydrogen (secondary N) is 1. The van der Waals surface area contributed by atoms with Crippen molar-refractivity contribution in [3.63, 3.8) is 0 Å². The summed E-state index contributed by atoms with van der Waals surface area (Å²) < 4.78 is 2.30. The number of carbonyl (C=O) groups is 1. The summed E-state index contributed by atoms with van der Waals surface area (Å²) in [6.07, 6.45) is 1.50. The fourth-order valence-corrected chi connectivity index (χ4v) is 3.16. The zero-order valence-corrected chi connectivity index (χ0v) is 16.4. The number of nitrogen functional groups attached to an aromatic ring is 1. The fraction of sp³-hybridized carbons (Fsp3) is 0.316. The number of hydrogen-bond donors (Lipinski definition) is 2. The van der Waals surface area contributed by atoms with E-state index in [2.05, 4.69) is 10.1 Å². The molecule has 152 valence electrons. The van der Waals surface area contributed by atoms with E-state index in [4.69, 9.17) is 5.73 Å². The Kier molecular flexibility index (Phi) is 5.35. The van der Waals surface area contributed by atoms with Crippen molar-refractivity contribution < 1.29 is 4.79 Å². The van der Waals surface area contributed by atoms with Gasteiger partial charge in [0, 0.05) is 26.0 Å². The number of nitrogens with two attached hydrogens (primary N) is 1. The van der Waals surface area contributed by atoms with E-state index in [9.17, 15) is 19.2 Å². The summed E-state index contributed by atoms with van der Waals surface area (Å²) in [5.74, 6) is -0.730. The lowest BCUT2D eigenvalue weighted by molar-refractivity contribution is 0.0987. The molecule has 0 spiro atoms. The Labute approximate surface area is 165 Å². The van der Waals surface area contributed by atoms with Crippen molar-refractivity contribution in [1.82, 2.24) is 19.3 Å². The first-order valence-electron chi connectivity index (χ1n) is 9.14. The molecule has 3 aromatic rings.